The van der Waals surface area contributed by atoms with E-state index in [-0.39, 0.29) is 35.4 Å². The fourth-order valence-corrected chi connectivity index (χ4v) is 5.92. The summed E-state index contributed by atoms with van der Waals surface area (Å²) in [5.41, 5.74) is 2.28. The quantitative estimate of drug-likeness (QED) is 0.349. The third kappa shape index (κ3) is 6.66. The Morgan fingerprint density at radius 1 is 0.833 bits per heavy atom. The van der Waals surface area contributed by atoms with E-state index in [4.69, 9.17) is 23.4 Å². The highest BCUT2D eigenvalue weighted by Gasteiger charge is 2.55. The molecule has 2 aromatic carbocycles. The highest BCUT2D eigenvalue weighted by molar-refractivity contribution is 6.74. The van der Waals surface area contributed by atoms with Gasteiger partial charge in [-0.05, 0) is 49.5 Å². The number of hydrogen-bond acceptors (Lipinski definition) is 5. The lowest BCUT2D eigenvalue weighted by atomic mass is 9.81. The van der Waals surface area contributed by atoms with Gasteiger partial charge in [0.15, 0.2) is 14.1 Å². The first-order chi connectivity index (χ1) is 17.0. The van der Waals surface area contributed by atoms with Gasteiger partial charge in [0.25, 0.3) is 0 Å². The summed E-state index contributed by atoms with van der Waals surface area (Å²) in [4.78, 5) is 0. The van der Waals surface area contributed by atoms with Gasteiger partial charge < -0.3 is 23.4 Å². The summed E-state index contributed by atoms with van der Waals surface area (Å²) >= 11 is 0. The topological polar surface area (TPSA) is 46.2 Å². The minimum atomic E-state index is -1.93. The van der Waals surface area contributed by atoms with E-state index in [1.165, 1.54) is 0 Å². The average molecular weight is 513 g/mol. The van der Waals surface area contributed by atoms with Crippen LogP contribution in [0.5, 0.6) is 0 Å². The molecule has 1 aliphatic carbocycles. The lowest BCUT2D eigenvalue weighted by Gasteiger charge is -2.44. The summed E-state index contributed by atoms with van der Waals surface area (Å²) in [5, 5.41) is 0.142. The minimum Gasteiger partial charge on any atom is -0.416 e. The maximum atomic E-state index is 6.73. The Morgan fingerprint density at radius 3 is 1.89 bits per heavy atom. The van der Waals surface area contributed by atoms with Gasteiger partial charge in [-0.2, -0.15) is 0 Å². The van der Waals surface area contributed by atoms with E-state index in [1.54, 1.807) is 0 Å². The zero-order chi connectivity index (χ0) is 26.0. The van der Waals surface area contributed by atoms with Gasteiger partial charge in [0.05, 0.1) is 25.4 Å². The van der Waals surface area contributed by atoms with Crippen LogP contribution in [0.4, 0.5) is 0 Å². The fraction of sp³-hybridized carbons (Fsp3) is 0.600. The van der Waals surface area contributed by atoms with Crippen LogP contribution in [0.25, 0.3) is 0 Å². The van der Waals surface area contributed by atoms with Gasteiger partial charge in [0.1, 0.15) is 12.2 Å². The molecule has 1 aliphatic heterocycles. The summed E-state index contributed by atoms with van der Waals surface area (Å²) in [7, 11) is -1.93. The van der Waals surface area contributed by atoms with E-state index >= 15 is 0 Å². The Labute approximate surface area is 218 Å². The molecule has 0 N–H and O–H groups in total. The fourth-order valence-electron chi connectivity index (χ4n) is 4.86. The zero-order valence-corrected chi connectivity index (χ0v) is 24.0. The number of ether oxygens (including phenoxy) is 4. The van der Waals surface area contributed by atoms with Crippen LogP contribution in [-0.2, 0) is 36.6 Å². The Kier molecular flexibility index (Phi) is 8.44. The van der Waals surface area contributed by atoms with Crippen molar-refractivity contribution in [2.75, 3.05) is 6.61 Å². The molecule has 0 radical (unpaired) electrons. The molecule has 0 unspecified atom stereocenters. The molecule has 0 aromatic heterocycles. The van der Waals surface area contributed by atoms with Crippen LogP contribution in [0.1, 0.15) is 52.2 Å². The molecule has 2 fully saturated rings. The SMILES string of the molecule is CC1(C)O[C@@H]2[C@@H](OCc3ccccc3)[C@@H](OCc3ccccc3)[C@@H](CO[Si](C)(C)C(C)(C)C)C[C@@H]2O1. The molecule has 198 valence electrons. The summed E-state index contributed by atoms with van der Waals surface area (Å²) < 4.78 is 32.8. The average Bonchev–Trinajstić information content (AvgIpc) is 3.14. The predicted molar refractivity (Wildman–Crippen MR) is 145 cm³/mol. The van der Waals surface area contributed by atoms with Gasteiger partial charge in [-0.3, -0.25) is 0 Å². The van der Waals surface area contributed by atoms with E-state index in [9.17, 15) is 0 Å². The Bertz CT molecular complexity index is 956. The van der Waals surface area contributed by atoms with Crippen molar-refractivity contribution in [2.45, 2.75) is 103 Å². The molecule has 0 spiro atoms. The van der Waals surface area contributed by atoms with Crippen molar-refractivity contribution in [3.05, 3.63) is 71.8 Å². The summed E-state index contributed by atoms with van der Waals surface area (Å²) in [6, 6.07) is 20.6. The molecule has 1 saturated carbocycles. The van der Waals surface area contributed by atoms with Crippen molar-refractivity contribution < 1.29 is 23.4 Å². The first-order valence-corrected chi connectivity index (χ1v) is 16.2. The van der Waals surface area contributed by atoms with E-state index < -0.39 is 14.1 Å². The second-order valence-corrected chi connectivity index (χ2v) is 17.0. The van der Waals surface area contributed by atoms with Gasteiger partial charge in [-0.25, -0.2) is 0 Å². The van der Waals surface area contributed by atoms with Crippen molar-refractivity contribution in [2.24, 2.45) is 5.92 Å². The maximum Gasteiger partial charge on any atom is 0.191 e. The van der Waals surface area contributed by atoms with Crippen LogP contribution in [0.15, 0.2) is 60.7 Å². The van der Waals surface area contributed by atoms with Crippen LogP contribution < -0.4 is 0 Å². The Balaban J connectivity index is 1.59. The molecule has 36 heavy (non-hydrogen) atoms. The van der Waals surface area contributed by atoms with E-state index in [1.807, 2.05) is 50.2 Å². The molecular weight excluding hydrogens is 468 g/mol. The van der Waals surface area contributed by atoms with Crippen LogP contribution in [-0.4, -0.2) is 45.1 Å². The predicted octanol–water partition coefficient (Wildman–Crippen LogP) is 6.72. The van der Waals surface area contributed by atoms with Gasteiger partial charge in [-0.1, -0.05) is 81.4 Å². The second-order valence-electron chi connectivity index (χ2n) is 12.2. The van der Waals surface area contributed by atoms with Crippen LogP contribution in [0, 0.1) is 5.92 Å². The second kappa shape index (κ2) is 11.1. The van der Waals surface area contributed by atoms with Crippen molar-refractivity contribution in [3.63, 3.8) is 0 Å². The first kappa shape index (κ1) is 27.5. The third-order valence-corrected chi connectivity index (χ3v) is 12.4. The van der Waals surface area contributed by atoms with Crippen molar-refractivity contribution >= 4 is 8.32 Å². The van der Waals surface area contributed by atoms with Gasteiger partial charge in [0.2, 0.25) is 0 Å². The molecule has 6 heteroatoms. The number of benzene rings is 2. The first-order valence-electron chi connectivity index (χ1n) is 13.3. The lowest BCUT2D eigenvalue weighted by Crippen LogP contribution is -2.56. The third-order valence-electron chi connectivity index (χ3n) is 7.90. The Morgan fingerprint density at radius 2 is 1.36 bits per heavy atom. The zero-order valence-electron chi connectivity index (χ0n) is 23.0. The Hall–Kier alpha value is -1.54. The van der Waals surface area contributed by atoms with Gasteiger partial charge >= 0.3 is 0 Å². The molecular formula is C30H44O5Si. The maximum absolute atomic E-state index is 6.73. The molecule has 2 aliphatic rings. The van der Waals surface area contributed by atoms with Crippen LogP contribution in [0.2, 0.25) is 18.1 Å². The smallest absolute Gasteiger partial charge is 0.191 e. The number of rotatable bonds is 9. The van der Waals surface area contributed by atoms with Crippen molar-refractivity contribution in [1.82, 2.24) is 0 Å². The molecule has 2 aromatic rings. The molecule has 4 rings (SSSR count). The molecule has 0 bridgehead atoms. The van der Waals surface area contributed by atoms with Gasteiger partial charge in [-0.15, -0.1) is 0 Å². The van der Waals surface area contributed by atoms with E-state index in [2.05, 4.69) is 58.1 Å². The highest BCUT2D eigenvalue weighted by atomic mass is 28.4. The largest absolute Gasteiger partial charge is 0.416 e. The highest BCUT2D eigenvalue weighted by Crippen LogP contribution is 2.43. The number of hydrogen-bond donors (Lipinski definition) is 0. The minimum absolute atomic E-state index is 0.0506. The van der Waals surface area contributed by atoms with Gasteiger partial charge in [0, 0.05) is 12.5 Å². The standard InChI is InChI=1S/C30H44O5Si/c1-29(2,3)36(6,7)33-21-24-18-25-27(35-30(4,5)34-25)28(32-20-23-16-12-9-13-17-23)26(24)31-19-22-14-10-8-11-15-22/h8-17,24-28H,18-21H2,1-7H3/t24-,25+,26+,27+,28+/m1/s1. The molecule has 5 atom stereocenters. The molecule has 1 heterocycles. The van der Waals surface area contributed by atoms with Crippen LogP contribution in [0.3, 0.4) is 0 Å². The number of fused-ring (bicyclic) bond motifs is 1. The van der Waals surface area contributed by atoms with E-state index in [0.29, 0.717) is 19.8 Å². The lowest BCUT2D eigenvalue weighted by molar-refractivity contribution is -0.192. The van der Waals surface area contributed by atoms with Crippen molar-refractivity contribution in [3.8, 4) is 0 Å². The monoisotopic (exact) mass is 512 g/mol. The van der Waals surface area contributed by atoms with Crippen LogP contribution >= 0.6 is 0 Å². The normalized spacial score (nSPS) is 28.1. The van der Waals surface area contributed by atoms with Crippen molar-refractivity contribution in [1.29, 1.82) is 0 Å². The molecule has 5 nitrogen and oxygen atoms in total. The summed E-state index contributed by atoms with van der Waals surface area (Å²) in [6.07, 6.45) is 0.159. The summed E-state index contributed by atoms with van der Waals surface area (Å²) in [6.45, 7) is 17.1. The molecule has 1 saturated heterocycles. The summed E-state index contributed by atoms with van der Waals surface area (Å²) in [5.74, 6) is -0.509. The van der Waals surface area contributed by atoms with E-state index in [0.717, 1.165) is 17.5 Å². The molecule has 0 amide bonds.